The van der Waals surface area contributed by atoms with Crippen LogP contribution in [0.4, 0.5) is 5.13 Å². The monoisotopic (exact) mass is 336 g/mol. The summed E-state index contributed by atoms with van der Waals surface area (Å²) < 4.78 is 26.1. The second kappa shape index (κ2) is 6.45. The minimum atomic E-state index is -4.14. The van der Waals surface area contributed by atoms with Crippen molar-refractivity contribution in [3.05, 3.63) is 0 Å². The van der Waals surface area contributed by atoms with Crippen molar-refractivity contribution in [3.63, 3.8) is 0 Å². The summed E-state index contributed by atoms with van der Waals surface area (Å²) in [5.41, 5.74) is -1.60. The zero-order valence-corrected chi connectivity index (χ0v) is 13.3. The average Bonchev–Trinajstić information content (AvgIpc) is 2.84. The third kappa shape index (κ3) is 3.95. The van der Waals surface area contributed by atoms with E-state index in [1.54, 1.807) is 13.8 Å². The van der Waals surface area contributed by atoms with Gasteiger partial charge in [0.2, 0.25) is 15.4 Å². The van der Waals surface area contributed by atoms with Crippen LogP contribution in [0.15, 0.2) is 4.34 Å². The standard InChI is InChI=1S/C10H16N4O5S2/c1-4-10(5-2,7(16)17)14-21(18,19)9-13-12-8(20-9)11-6(3)15/h14H,4-5H2,1-3H3,(H,16,17)(H,11,12,15). The van der Waals surface area contributed by atoms with Crippen LogP contribution in [0, 0.1) is 0 Å². The van der Waals surface area contributed by atoms with Crippen LogP contribution in [0.2, 0.25) is 0 Å². The number of carboxylic acids is 1. The van der Waals surface area contributed by atoms with Gasteiger partial charge < -0.3 is 10.4 Å². The van der Waals surface area contributed by atoms with Crippen LogP contribution in [0.3, 0.4) is 0 Å². The minimum Gasteiger partial charge on any atom is -0.480 e. The first kappa shape index (κ1) is 17.5. The van der Waals surface area contributed by atoms with Gasteiger partial charge in [0.25, 0.3) is 10.0 Å². The van der Waals surface area contributed by atoms with Crippen LogP contribution in [0.5, 0.6) is 0 Å². The number of nitrogens with zero attached hydrogens (tertiary/aromatic N) is 2. The van der Waals surface area contributed by atoms with E-state index >= 15 is 0 Å². The van der Waals surface area contributed by atoms with Gasteiger partial charge in [0.05, 0.1) is 0 Å². The molecular weight excluding hydrogens is 320 g/mol. The highest BCUT2D eigenvalue weighted by atomic mass is 32.2. The predicted octanol–water partition coefficient (Wildman–Crippen LogP) is 0.418. The Balaban J connectivity index is 3.08. The molecular formula is C10H16N4O5S2. The van der Waals surface area contributed by atoms with E-state index in [9.17, 15) is 23.1 Å². The van der Waals surface area contributed by atoms with Gasteiger partial charge in [-0.3, -0.25) is 9.59 Å². The molecule has 0 aliphatic heterocycles. The molecule has 118 valence electrons. The van der Waals surface area contributed by atoms with E-state index in [4.69, 9.17) is 0 Å². The van der Waals surface area contributed by atoms with Crippen LogP contribution in [-0.2, 0) is 19.6 Å². The maximum absolute atomic E-state index is 12.2. The average molecular weight is 336 g/mol. The Kier molecular flexibility index (Phi) is 5.36. The van der Waals surface area contributed by atoms with Crippen molar-refractivity contribution in [3.8, 4) is 0 Å². The highest BCUT2D eigenvalue weighted by Crippen LogP contribution is 2.24. The summed E-state index contributed by atoms with van der Waals surface area (Å²) in [7, 11) is -4.14. The molecule has 1 aromatic heterocycles. The Morgan fingerprint density at radius 1 is 1.29 bits per heavy atom. The fourth-order valence-corrected chi connectivity index (χ4v) is 4.01. The molecule has 21 heavy (non-hydrogen) atoms. The predicted molar refractivity (Wildman–Crippen MR) is 75.5 cm³/mol. The third-order valence-corrected chi connectivity index (χ3v) is 5.61. The van der Waals surface area contributed by atoms with Gasteiger partial charge in [0.15, 0.2) is 0 Å². The van der Waals surface area contributed by atoms with E-state index in [-0.39, 0.29) is 18.0 Å². The van der Waals surface area contributed by atoms with Gasteiger partial charge in [-0.25, -0.2) is 8.42 Å². The Bertz CT molecular complexity index is 636. The lowest BCUT2D eigenvalue weighted by atomic mass is 9.95. The lowest BCUT2D eigenvalue weighted by Gasteiger charge is -2.26. The van der Waals surface area contributed by atoms with E-state index in [1.807, 2.05) is 0 Å². The van der Waals surface area contributed by atoms with Crippen LogP contribution in [0.1, 0.15) is 33.6 Å². The molecule has 9 nitrogen and oxygen atoms in total. The number of hydrogen-bond donors (Lipinski definition) is 3. The van der Waals surface area contributed by atoms with E-state index in [0.29, 0.717) is 11.3 Å². The first-order chi connectivity index (χ1) is 9.66. The molecule has 0 atom stereocenters. The number of carboxylic acid groups (broad SMARTS) is 1. The molecule has 0 aliphatic carbocycles. The normalized spacial score (nSPS) is 12.1. The van der Waals surface area contributed by atoms with Crippen molar-refractivity contribution in [1.82, 2.24) is 14.9 Å². The molecule has 1 heterocycles. The maximum atomic E-state index is 12.2. The van der Waals surface area contributed by atoms with E-state index in [2.05, 4.69) is 20.2 Å². The van der Waals surface area contributed by atoms with E-state index in [0.717, 1.165) is 0 Å². The minimum absolute atomic E-state index is 0.0248. The highest BCUT2D eigenvalue weighted by Gasteiger charge is 2.40. The van der Waals surface area contributed by atoms with E-state index in [1.165, 1.54) is 6.92 Å². The zero-order valence-electron chi connectivity index (χ0n) is 11.7. The molecule has 0 saturated carbocycles. The Hall–Kier alpha value is -1.59. The molecule has 0 bridgehead atoms. The molecule has 0 fully saturated rings. The van der Waals surface area contributed by atoms with Crippen LogP contribution < -0.4 is 10.0 Å². The number of carbonyl (C=O) groups is 2. The van der Waals surface area contributed by atoms with E-state index < -0.39 is 31.8 Å². The number of nitrogens with one attached hydrogen (secondary N) is 2. The number of carbonyl (C=O) groups excluding carboxylic acids is 1. The SMILES string of the molecule is CCC(CC)(NS(=O)(=O)c1nnc(NC(C)=O)s1)C(=O)O. The fourth-order valence-electron chi connectivity index (χ4n) is 1.56. The van der Waals surface area contributed by atoms with Crippen molar-refractivity contribution < 1.29 is 23.1 Å². The fraction of sp³-hybridized carbons (Fsp3) is 0.600. The van der Waals surface area contributed by atoms with Gasteiger partial charge >= 0.3 is 5.97 Å². The van der Waals surface area contributed by atoms with Crippen LogP contribution in [0.25, 0.3) is 0 Å². The number of anilines is 1. The smallest absolute Gasteiger partial charge is 0.324 e. The molecule has 3 N–H and O–H groups in total. The summed E-state index contributed by atoms with van der Waals surface area (Å²) in [4.78, 5) is 22.2. The van der Waals surface area contributed by atoms with Crippen molar-refractivity contribution in [2.45, 2.75) is 43.5 Å². The Morgan fingerprint density at radius 3 is 2.29 bits per heavy atom. The number of hydrogen-bond acceptors (Lipinski definition) is 7. The Labute approximate surface area is 125 Å². The lowest BCUT2D eigenvalue weighted by Crippen LogP contribution is -2.53. The van der Waals surface area contributed by atoms with Gasteiger partial charge in [-0.2, -0.15) is 4.72 Å². The number of aliphatic carboxylic acids is 1. The first-order valence-electron chi connectivity index (χ1n) is 6.05. The summed E-state index contributed by atoms with van der Waals surface area (Å²) in [5, 5.41) is 18.6. The summed E-state index contributed by atoms with van der Waals surface area (Å²) in [6.45, 7) is 4.39. The van der Waals surface area contributed by atoms with Gasteiger partial charge in [-0.1, -0.05) is 25.2 Å². The molecule has 1 amide bonds. The zero-order chi connectivity index (χ0) is 16.3. The molecule has 0 aromatic carbocycles. The lowest BCUT2D eigenvalue weighted by molar-refractivity contribution is -0.144. The van der Waals surface area contributed by atoms with Gasteiger partial charge in [0.1, 0.15) is 5.54 Å². The number of rotatable bonds is 7. The molecule has 1 rings (SSSR count). The topological polar surface area (TPSA) is 138 Å². The molecule has 0 radical (unpaired) electrons. The molecule has 11 heteroatoms. The Morgan fingerprint density at radius 2 is 1.86 bits per heavy atom. The second-order valence-corrected chi connectivity index (χ2v) is 7.09. The van der Waals surface area contributed by atoms with Crippen molar-refractivity contribution in [2.24, 2.45) is 0 Å². The van der Waals surface area contributed by atoms with Gasteiger partial charge in [-0.15, -0.1) is 10.2 Å². The molecule has 0 spiro atoms. The van der Waals surface area contributed by atoms with Crippen LogP contribution in [-0.4, -0.2) is 41.1 Å². The second-order valence-electron chi connectivity index (χ2n) is 4.25. The number of amides is 1. The summed E-state index contributed by atoms with van der Waals surface area (Å²) >= 11 is 0.644. The summed E-state index contributed by atoms with van der Waals surface area (Å²) in [6, 6.07) is 0. The number of sulfonamides is 1. The molecule has 0 aliphatic rings. The largest absolute Gasteiger partial charge is 0.480 e. The van der Waals surface area contributed by atoms with Crippen molar-refractivity contribution >= 4 is 38.4 Å². The third-order valence-electron chi connectivity index (χ3n) is 2.87. The maximum Gasteiger partial charge on any atom is 0.324 e. The van der Waals surface area contributed by atoms with Gasteiger partial charge in [0, 0.05) is 6.92 Å². The molecule has 0 saturated heterocycles. The summed E-state index contributed by atoms with van der Waals surface area (Å²) in [6.07, 6.45) is 0.158. The van der Waals surface area contributed by atoms with Crippen molar-refractivity contribution in [1.29, 1.82) is 0 Å². The molecule has 1 aromatic rings. The first-order valence-corrected chi connectivity index (χ1v) is 8.35. The quantitative estimate of drug-likeness (QED) is 0.613. The summed E-state index contributed by atoms with van der Waals surface area (Å²) in [5.74, 6) is -1.67. The van der Waals surface area contributed by atoms with Crippen molar-refractivity contribution in [2.75, 3.05) is 5.32 Å². The van der Waals surface area contributed by atoms with Crippen LogP contribution >= 0.6 is 11.3 Å². The molecule has 0 unspecified atom stereocenters. The number of aromatic nitrogens is 2. The highest BCUT2D eigenvalue weighted by molar-refractivity contribution is 7.91. The van der Waals surface area contributed by atoms with Gasteiger partial charge in [-0.05, 0) is 12.8 Å².